The monoisotopic (exact) mass is 302 g/mol. The minimum absolute atomic E-state index is 0.00767. The summed E-state index contributed by atoms with van der Waals surface area (Å²) in [6.45, 7) is 16.6. The minimum Gasteiger partial charge on any atom is -0.400 e. The maximum absolute atomic E-state index is 12.4. The first-order chi connectivity index (χ1) is 10.2. The maximum Gasteiger partial charge on any atom is 0.490 e. The van der Waals surface area contributed by atoms with E-state index in [4.69, 9.17) is 15.9 Å². The van der Waals surface area contributed by atoms with Gasteiger partial charge in [-0.2, -0.15) is 0 Å². The van der Waals surface area contributed by atoms with Crippen LogP contribution in [0.25, 0.3) is 4.85 Å². The van der Waals surface area contributed by atoms with E-state index in [9.17, 15) is 4.79 Å². The van der Waals surface area contributed by atoms with E-state index in [0.717, 1.165) is 11.9 Å². The fraction of sp³-hybridized carbons (Fsp3) is 0.750. The Morgan fingerprint density at radius 1 is 1.27 bits per heavy atom. The molecule has 0 aromatic carbocycles. The van der Waals surface area contributed by atoms with Crippen LogP contribution >= 0.6 is 0 Å². The van der Waals surface area contributed by atoms with Gasteiger partial charge in [-0.25, -0.2) is 6.57 Å². The summed E-state index contributed by atoms with van der Waals surface area (Å²) in [7, 11) is -0.321. The molecule has 3 aliphatic rings. The van der Waals surface area contributed by atoms with E-state index in [-0.39, 0.29) is 24.2 Å². The zero-order valence-electron chi connectivity index (χ0n) is 13.8. The number of nitrogens with zero attached hydrogens (tertiary/aromatic N) is 2. The SMILES string of the molecule is [C-]#[N+]C1(C(=O)N2CC=C(B3OC(C)(C)C(C)(C)O3)CC2)CC1. The van der Waals surface area contributed by atoms with Crippen LogP contribution in [0, 0.1) is 6.57 Å². The van der Waals surface area contributed by atoms with Crippen LogP contribution in [-0.4, -0.2) is 47.8 Å². The van der Waals surface area contributed by atoms with Gasteiger partial charge in [0.2, 0.25) is 0 Å². The van der Waals surface area contributed by atoms with Crippen molar-refractivity contribution < 1.29 is 14.1 Å². The number of hydrogen-bond acceptors (Lipinski definition) is 3. The first-order valence-corrected chi connectivity index (χ1v) is 7.93. The van der Waals surface area contributed by atoms with Gasteiger partial charge in [0.1, 0.15) is 0 Å². The summed E-state index contributed by atoms with van der Waals surface area (Å²) in [4.78, 5) is 17.7. The quantitative estimate of drug-likeness (QED) is 0.580. The van der Waals surface area contributed by atoms with Crippen LogP contribution in [0.2, 0.25) is 0 Å². The topological polar surface area (TPSA) is 43.1 Å². The van der Waals surface area contributed by atoms with E-state index in [1.807, 2.05) is 33.8 Å². The summed E-state index contributed by atoms with van der Waals surface area (Å²) in [6, 6.07) is 0. The largest absolute Gasteiger partial charge is 0.490 e. The Balaban J connectivity index is 1.66. The Kier molecular flexibility index (Phi) is 3.43. The summed E-state index contributed by atoms with van der Waals surface area (Å²) < 4.78 is 12.1. The third-order valence-electron chi connectivity index (χ3n) is 5.42. The first-order valence-electron chi connectivity index (χ1n) is 7.93. The highest BCUT2D eigenvalue weighted by Gasteiger charge is 2.60. The van der Waals surface area contributed by atoms with Crippen molar-refractivity contribution in [3.8, 4) is 0 Å². The van der Waals surface area contributed by atoms with Crippen molar-refractivity contribution in [2.45, 2.75) is 63.7 Å². The van der Waals surface area contributed by atoms with Gasteiger partial charge in [-0.05, 0) is 39.6 Å². The van der Waals surface area contributed by atoms with E-state index in [1.54, 1.807) is 4.90 Å². The number of amides is 1. The summed E-state index contributed by atoms with van der Waals surface area (Å²) in [5.74, 6) is -0.00767. The molecule has 22 heavy (non-hydrogen) atoms. The number of rotatable bonds is 2. The highest BCUT2D eigenvalue weighted by Crippen LogP contribution is 2.43. The molecule has 2 aliphatic heterocycles. The van der Waals surface area contributed by atoms with E-state index >= 15 is 0 Å². The highest BCUT2D eigenvalue weighted by atomic mass is 16.7. The third kappa shape index (κ3) is 2.37. The molecule has 0 aromatic rings. The summed E-state index contributed by atoms with van der Waals surface area (Å²) >= 11 is 0. The number of hydrogen-bond donors (Lipinski definition) is 0. The molecule has 2 heterocycles. The highest BCUT2D eigenvalue weighted by molar-refractivity contribution is 6.54. The van der Waals surface area contributed by atoms with Gasteiger partial charge in [-0.15, -0.1) is 0 Å². The second-order valence-corrected chi connectivity index (χ2v) is 7.51. The molecule has 1 saturated heterocycles. The molecule has 0 unspecified atom stereocenters. The zero-order chi connectivity index (χ0) is 16.2. The fourth-order valence-corrected chi connectivity index (χ4v) is 2.86. The van der Waals surface area contributed by atoms with Gasteiger partial charge >= 0.3 is 18.6 Å². The molecule has 0 N–H and O–H groups in total. The molecule has 6 heteroatoms. The van der Waals surface area contributed by atoms with Gasteiger partial charge in [-0.1, -0.05) is 6.08 Å². The lowest BCUT2D eigenvalue weighted by Gasteiger charge is -2.32. The van der Waals surface area contributed by atoms with E-state index in [2.05, 4.69) is 4.85 Å². The zero-order valence-corrected chi connectivity index (χ0v) is 13.8. The summed E-state index contributed by atoms with van der Waals surface area (Å²) in [5.41, 5.74) is -0.313. The van der Waals surface area contributed by atoms with Crippen molar-refractivity contribution >= 4 is 13.0 Å². The maximum atomic E-state index is 12.4. The molecule has 1 saturated carbocycles. The summed E-state index contributed by atoms with van der Waals surface area (Å²) in [5, 5.41) is 0. The summed E-state index contributed by atoms with van der Waals surface area (Å²) in [6.07, 6.45) is 4.19. The molecule has 1 aliphatic carbocycles. The predicted molar refractivity (Wildman–Crippen MR) is 83.9 cm³/mol. The van der Waals surface area contributed by atoms with Crippen molar-refractivity contribution in [3.63, 3.8) is 0 Å². The lowest BCUT2D eigenvalue weighted by atomic mass is 9.74. The smallest absolute Gasteiger partial charge is 0.400 e. The standard InChI is InChI=1S/C16H23BN2O3/c1-14(2)15(3,4)22-17(21-14)12-6-10-19(11-7-12)13(20)16(18-5)8-9-16/h6H,7-11H2,1-4H3. The van der Waals surface area contributed by atoms with Crippen molar-refractivity contribution in [2.75, 3.05) is 13.1 Å². The molecule has 1 amide bonds. The van der Waals surface area contributed by atoms with Crippen LogP contribution < -0.4 is 0 Å². The van der Waals surface area contributed by atoms with Crippen LogP contribution in [0.4, 0.5) is 0 Å². The Labute approximate surface area is 132 Å². The molecule has 0 spiro atoms. The molecule has 0 bridgehead atoms. The van der Waals surface area contributed by atoms with Crippen LogP contribution in [0.1, 0.15) is 47.0 Å². The van der Waals surface area contributed by atoms with Crippen LogP contribution in [0.3, 0.4) is 0 Å². The average Bonchev–Trinajstić information content (AvgIpc) is 3.22. The molecule has 0 radical (unpaired) electrons. The molecule has 5 nitrogen and oxygen atoms in total. The second kappa shape index (κ2) is 4.84. The van der Waals surface area contributed by atoms with Gasteiger partial charge in [-0.3, -0.25) is 9.64 Å². The predicted octanol–water partition coefficient (Wildman–Crippen LogP) is 2.23. The molecule has 118 valence electrons. The van der Waals surface area contributed by atoms with E-state index in [0.29, 0.717) is 25.9 Å². The van der Waals surface area contributed by atoms with Crippen molar-refractivity contribution in [1.29, 1.82) is 0 Å². The number of carbonyl (C=O) groups is 1. The Bertz CT molecular complexity index is 556. The van der Waals surface area contributed by atoms with Crippen LogP contribution in [0.15, 0.2) is 11.5 Å². The Morgan fingerprint density at radius 3 is 2.27 bits per heavy atom. The van der Waals surface area contributed by atoms with Gasteiger partial charge < -0.3 is 14.2 Å². The lowest BCUT2D eigenvalue weighted by molar-refractivity contribution is -0.132. The van der Waals surface area contributed by atoms with Gasteiger partial charge in [0.05, 0.1) is 11.2 Å². The van der Waals surface area contributed by atoms with Crippen LogP contribution in [0.5, 0.6) is 0 Å². The van der Waals surface area contributed by atoms with Gasteiger partial charge in [0.15, 0.2) is 0 Å². The average molecular weight is 302 g/mol. The Hall–Kier alpha value is -1.32. The molecule has 3 rings (SSSR count). The lowest BCUT2D eigenvalue weighted by Crippen LogP contribution is -2.43. The van der Waals surface area contributed by atoms with Crippen molar-refractivity contribution in [2.24, 2.45) is 0 Å². The van der Waals surface area contributed by atoms with Crippen molar-refractivity contribution in [1.82, 2.24) is 4.90 Å². The second-order valence-electron chi connectivity index (χ2n) is 7.51. The molecular formula is C16H23BN2O3. The van der Waals surface area contributed by atoms with Gasteiger partial charge in [0.25, 0.3) is 0 Å². The normalized spacial score (nSPS) is 28.0. The van der Waals surface area contributed by atoms with Crippen molar-refractivity contribution in [3.05, 3.63) is 23.0 Å². The molecular weight excluding hydrogens is 279 g/mol. The Morgan fingerprint density at radius 2 is 1.86 bits per heavy atom. The third-order valence-corrected chi connectivity index (χ3v) is 5.42. The molecule has 0 atom stereocenters. The number of carbonyl (C=O) groups excluding carboxylic acids is 1. The van der Waals surface area contributed by atoms with E-state index < -0.39 is 5.54 Å². The first kappa shape index (κ1) is 15.6. The molecule has 2 fully saturated rings. The van der Waals surface area contributed by atoms with Crippen LogP contribution in [-0.2, 0) is 14.1 Å². The van der Waals surface area contributed by atoms with E-state index in [1.165, 1.54) is 0 Å². The van der Waals surface area contributed by atoms with Gasteiger partial charge in [0, 0.05) is 25.9 Å². The minimum atomic E-state index is -0.740. The molecule has 0 aromatic heterocycles. The fourth-order valence-electron chi connectivity index (χ4n) is 2.86.